The molecule has 0 heterocycles. The molecule has 0 rings (SSSR count). The van der Waals surface area contributed by atoms with Crippen molar-refractivity contribution in [3.8, 4) is 0 Å². The molecule has 0 aromatic rings. The van der Waals surface area contributed by atoms with Gasteiger partial charge in [-0.25, -0.2) is 8.42 Å². The first kappa shape index (κ1) is 13.9. The van der Waals surface area contributed by atoms with Gasteiger partial charge in [0.25, 0.3) is 0 Å². The molecule has 80 valence electrons. The Balaban J connectivity index is 4.16. The molecule has 0 spiro atoms. The molecule has 0 bridgehead atoms. The summed E-state index contributed by atoms with van der Waals surface area (Å²) < 4.78 is 27.2. The lowest BCUT2D eigenvalue weighted by molar-refractivity contribution is 0.134. The lowest BCUT2D eigenvalue weighted by atomic mass is 10.2. The Bertz CT molecular complexity index is 236. The van der Waals surface area contributed by atoms with Crippen molar-refractivity contribution in [3.63, 3.8) is 0 Å². The second kappa shape index (κ2) is 5.68. The maximum absolute atomic E-state index is 11.2. The van der Waals surface area contributed by atoms with Gasteiger partial charge >= 0.3 is 0 Å². The highest BCUT2D eigenvalue weighted by molar-refractivity contribution is 9.11. The van der Waals surface area contributed by atoms with Gasteiger partial charge in [-0.05, 0) is 13.8 Å². The Labute approximate surface area is 96.4 Å². The summed E-state index contributed by atoms with van der Waals surface area (Å²) in [6.07, 6.45) is 0. The van der Waals surface area contributed by atoms with E-state index in [1.165, 1.54) is 0 Å². The highest BCUT2D eigenvalue weighted by atomic mass is 79.9. The van der Waals surface area contributed by atoms with Gasteiger partial charge in [-0.15, -0.1) is 0 Å². The molecule has 0 saturated carbocycles. The molecule has 0 N–H and O–H groups in total. The minimum absolute atomic E-state index is 0.00663. The maximum atomic E-state index is 11.2. The van der Waals surface area contributed by atoms with E-state index in [-0.39, 0.29) is 10.4 Å². The van der Waals surface area contributed by atoms with Gasteiger partial charge in [-0.1, -0.05) is 31.9 Å². The van der Waals surface area contributed by atoms with Crippen molar-refractivity contribution in [2.45, 2.75) is 18.2 Å². The van der Waals surface area contributed by atoms with Gasteiger partial charge in [-0.3, -0.25) is 0 Å². The molecule has 0 aromatic heterocycles. The van der Waals surface area contributed by atoms with E-state index in [1.54, 1.807) is 0 Å². The number of hydrogen-bond acceptors (Lipinski definition) is 3. The van der Waals surface area contributed by atoms with Crippen LogP contribution in [0.3, 0.4) is 0 Å². The Hall–Kier alpha value is 0.870. The van der Waals surface area contributed by atoms with Crippen LogP contribution in [0.25, 0.3) is 0 Å². The van der Waals surface area contributed by atoms with Crippen LogP contribution >= 0.6 is 31.9 Å². The summed E-state index contributed by atoms with van der Waals surface area (Å²) in [5.74, 6) is 0.0747. The molecule has 0 saturated heterocycles. The van der Waals surface area contributed by atoms with E-state index in [0.717, 1.165) is 0 Å². The fraction of sp³-hybridized carbons (Fsp3) is 1.00. The minimum atomic E-state index is -3.02. The van der Waals surface area contributed by atoms with Crippen molar-refractivity contribution < 1.29 is 13.2 Å². The first-order valence-electron chi connectivity index (χ1n) is 3.86. The van der Waals surface area contributed by atoms with Crippen LogP contribution in [-0.2, 0) is 14.6 Å². The molecule has 0 aliphatic heterocycles. The SMILES string of the molecule is CCOCC(C)(Br)CS(=O)(=O)CBr. The van der Waals surface area contributed by atoms with E-state index < -0.39 is 14.2 Å². The van der Waals surface area contributed by atoms with Crippen LogP contribution in [0.15, 0.2) is 0 Å². The summed E-state index contributed by atoms with van der Waals surface area (Å²) in [7, 11) is -3.02. The summed E-state index contributed by atoms with van der Waals surface area (Å²) in [4.78, 5) is 0. The molecule has 13 heavy (non-hydrogen) atoms. The largest absolute Gasteiger partial charge is 0.380 e. The van der Waals surface area contributed by atoms with Crippen molar-refractivity contribution in [2.75, 3.05) is 23.6 Å². The third-order valence-corrected chi connectivity index (χ3v) is 5.68. The van der Waals surface area contributed by atoms with Crippen LogP contribution in [0.4, 0.5) is 0 Å². The van der Waals surface area contributed by atoms with E-state index in [9.17, 15) is 8.42 Å². The van der Waals surface area contributed by atoms with Crippen LogP contribution in [-0.4, -0.2) is 36.4 Å². The topological polar surface area (TPSA) is 43.4 Å². The van der Waals surface area contributed by atoms with Crippen LogP contribution < -0.4 is 0 Å². The fourth-order valence-electron chi connectivity index (χ4n) is 0.854. The molecule has 1 atom stereocenters. The zero-order chi connectivity index (χ0) is 10.5. The molecule has 0 amide bonds. The van der Waals surface area contributed by atoms with Crippen molar-refractivity contribution in [2.24, 2.45) is 0 Å². The van der Waals surface area contributed by atoms with Gasteiger partial charge in [-0.2, -0.15) is 0 Å². The second-order valence-corrected chi connectivity index (χ2v) is 8.33. The molecule has 0 aliphatic carbocycles. The number of alkyl halides is 2. The van der Waals surface area contributed by atoms with Crippen LogP contribution in [0, 0.1) is 0 Å². The number of ether oxygens (including phenoxy) is 1. The third-order valence-electron chi connectivity index (χ3n) is 1.29. The van der Waals surface area contributed by atoms with Crippen LogP contribution in [0.2, 0.25) is 0 Å². The molecule has 1 unspecified atom stereocenters. The summed E-state index contributed by atoms with van der Waals surface area (Å²) >= 11 is 6.28. The lowest BCUT2D eigenvalue weighted by Gasteiger charge is -2.21. The van der Waals surface area contributed by atoms with Crippen molar-refractivity contribution in [1.82, 2.24) is 0 Å². The second-order valence-electron chi connectivity index (χ2n) is 3.05. The standard InChI is InChI=1S/C7H14Br2O3S/c1-3-12-4-7(2,9)5-13(10,11)6-8/h3-6H2,1-2H3. The fourth-order valence-corrected chi connectivity index (χ4v) is 3.63. The van der Waals surface area contributed by atoms with Gasteiger partial charge in [0.1, 0.15) is 4.66 Å². The van der Waals surface area contributed by atoms with Gasteiger partial charge < -0.3 is 4.74 Å². The van der Waals surface area contributed by atoms with Crippen LogP contribution in [0.5, 0.6) is 0 Å². The third kappa shape index (κ3) is 6.88. The molecule has 0 aliphatic rings. The molecule has 3 nitrogen and oxygen atoms in total. The summed E-state index contributed by atoms with van der Waals surface area (Å²) in [5.41, 5.74) is 0. The van der Waals surface area contributed by atoms with Gasteiger partial charge in [0.2, 0.25) is 0 Å². The van der Waals surface area contributed by atoms with Gasteiger partial charge in [0.15, 0.2) is 9.84 Å². The molecule has 6 heteroatoms. The smallest absolute Gasteiger partial charge is 0.161 e. The summed E-state index contributed by atoms with van der Waals surface area (Å²) in [6, 6.07) is 0. The quantitative estimate of drug-likeness (QED) is 0.696. The van der Waals surface area contributed by atoms with E-state index in [0.29, 0.717) is 13.2 Å². The lowest BCUT2D eigenvalue weighted by Crippen LogP contribution is -2.33. The minimum Gasteiger partial charge on any atom is -0.380 e. The first-order chi connectivity index (χ1) is 5.83. The number of halogens is 2. The highest BCUT2D eigenvalue weighted by Gasteiger charge is 2.27. The Morgan fingerprint density at radius 2 is 2.00 bits per heavy atom. The van der Waals surface area contributed by atoms with E-state index in [4.69, 9.17) is 4.74 Å². The number of hydrogen-bond donors (Lipinski definition) is 0. The van der Waals surface area contributed by atoms with E-state index in [2.05, 4.69) is 31.9 Å². The Morgan fingerprint density at radius 1 is 1.46 bits per heavy atom. The normalized spacial score (nSPS) is 16.9. The molecule has 0 fully saturated rings. The monoisotopic (exact) mass is 336 g/mol. The van der Waals surface area contributed by atoms with Crippen molar-refractivity contribution in [3.05, 3.63) is 0 Å². The first-order valence-corrected chi connectivity index (χ1v) is 7.59. The zero-order valence-electron chi connectivity index (χ0n) is 7.72. The van der Waals surface area contributed by atoms with Crippen molar-refractivity contribution in [1.29, 1.82) is 0 Å². The number of rotatable bonds is 6. The van der Waals surface area contributed by atoms with Gasteiger partial charge in [0, 0.05) is 6.61 Å². The van der Waals surface area contributed by atoms with E-state index in [1.807, 2.05) is 13.8 Å². The average molecular weight is 338 g/mol. The maximum Gasteiger partial charge on any atom is 0.161 e. The molecular formula is C7H14Br2O3S. The molecular weight excluding hydrogens is 324 g/mol. The Kier molecular flexibility index (Phi) is 6.06. The highest BCUT2D eigenvalue weighted by Crippen LogP contribution is 2.21. The zero-order valence-corrected chi connectivity index (χ0v) is 11.7. The average Bonchev–Trinajstić information content (AvgIpc) is 1.99. The molecule has 0 radical (unpaired) electrons. The van der Waals surface area contributed by atoms with Crippen LogP contribution in [0.1, 0.15) is 13.8 Å². The van der Waals surface area contributed by atoms with E-state index >= 15 is 0 Å². The van der Waals surface area contributed by atoms with Crippen molar-refractivity contribution >= 4 is 41.7 Å². The summed E-state index contributed by atoms with van der Waals surface area (Å²) in [5, 5.41) is 0. The Morgan fingerprint density at radius 3 is 2.38 bits per heavy atom. The van der Waals surface area contributed by atoms with Gasteiger partial charge in [0.05, 0.1) is 16.7 Å². The predicted molar refractivity (Wildman–Crippen MR) is 61.4 cm³/mol. The summed E-state index contributed by atoms with van der Waals surface area (Å²) in [6.45, 7) is 4.68. The number of sulfone groups is 1. The molecule has 0 aromatic carbocycles. The predicted octanol–water partition coefficient (Wildman–Crippen LogP) is 1.94.